The van der Waals surface area contributed by atoms with E-state index in [0.717, 1.165) is 63.7 Å². The molecule has 0 saturated carbocycles. The first-order valence-corrected chi connectivity index (χ1v) is 15.9. The van der Waals surface area contributed by atoms with Crippen LogP contribution in [0, 0.1) is 17.8 Å². The van der Waals surface area contributed by atoms with Gasteiger partial charge in [-0.1, -0.05) is 73.5 Å². The number of phenolic OH excluding ortho intramolecular Hbond substituents is 1. The fourth-order valence-corrected chi connectivity index (χ4v) is 7.85. The molecule has 2 aromatic rings. The van der Waals surface area contributed by atoms with Crippen LogP contribution in [0.1, 0.15) is 69.9 Å². The summed E-state index contributed by atoms with van der Waals surface area (Å²) in [6, 6.07) is 17.8. The normalized spacial score (nSPS) is 27.1. The Morgan fingerprint density at radius 2 is 1.71 bits per heavy atom. The monoisotopic (exact) mass is 568 g/mol. The summed E-state index contributed by atoms with van der Waals surface area (Å²) in [6.07, 6.45) is 8.28. The smallest absolute Gasteiger partial charge is 0.234 e. The standard InChI is InChI=1S/C36H44N2O4/c1-3-24(20-25-10-13-29(39)14-11-25)12-15-32-33-27(4-2)21-30-34(31(33)23-42-32)36(41)38(35(30)40)28-16-18-37(19-17-28)22-26-8-6-5-7-9-26/h5-11,13-14,20,28,30-32,34,39H,3-4,12,15-19,21-23H2,1-2H3/b24-20+/t30-,31+,32-,34-/m1/s1. The molecule has 3 heterocycles. The number of nitrogens with zero attached hydrogens (tertiary/aromatic N) is 2. The Hall–Kier alpha value is -3.22. The van der Waals surface area contributed by atoms with Gasteiger partial charge in [-0.3, -0.25) is 19.4 Å². The number of benzene rings is 2. The Morgan fingerprint density at radius 1 is 0.976 bits per heavy atom. The van der Waals surface area contributed by atoms with Crippen LogP contribution in [0.15, 0.2) is 71.3 Å². The van der Waals surface area contributed by atoms with E-state index >= 15 is 0 Å². The predicted molar refractivity (Wildman–Crippen MR) is 164 cm³/mol. The van der Waals surface area contributed by atoms with Crippen molar-refractivity contribution in [1.82, 2.24) is 9.80 Å². The number of piperidine rings is 1. The fraction of sp³-hybridized carbons (Fsp3) is 0.500. The quantitative estimate of drug-likeness (QED) is 0.282. The maximum absolute atomic E-state index is 14.0. The fourth-order valence-electron chi connectivity index (χ4n) is 7.85. The molecule has 0 aromatic heterocycles. The lowest BCUT2D eigenvalue weighted by atomic mass is 9.69. The van der Waals surface area contributed by atoms with Crippen LogP contribution >= 0.6 is 0 Å². The molecule has 3 fully saturated rings. The van der Waals surface area contributed by atoms with E-state index < -0.39 is 0 Å². The molecular weight excluding hydrogens is 524 g/mol. The Labute approximate surface area is 250 Å². The van der Waals surface area contributed by atoms with Crippen LogP contribution in [-0.4, -0.2) is 58.6 Å². The zero-order chi connectivity index (χ0) is 29.2. The zero-order valence-corrected chi connectivity index (χ0v) is 25.0. The third-order valence-corrected chi connectivity index (χ3v) is 10.1. The van der Waals surface area contributed by atoms with E-state index in [0.29, 0.717) is 13.0 Å². The van der Waals surface area contributed by atoms with Crippen molar-refractivity contribution in [3.05, 3.63) is 82.4 Å². The van der Waals surface area contributed by atoms with Gasteiger partial charge < -0.3 is 9.84 Å². The molecule has 6 heteroatoms. The second-order valence-corrected chi connectivity index (χ2v) is 12.5. The second-order valence-electron chi connectivity index (χ2n) is 12.5. The van der Waals surface area contributed by atoms with Crippen molar-refractivity contribution in [1.29, 1.82) is 0 Å². The van der Waals surface area contributed by atoms with Crippen molar-refractivity contribution < 1.29 is 19.4 Å². The molecule has 0 unspecified atom stereocenters. The topological polar surface area (TPSA) is 70.1 Å². The molecule has 0 bridgehead atoms. The van der Waals surface area contributed by atoms with E-state index in [9.17, 15) is 14.7 Å². The lowest BCUT2D eigenvalue weighted by Gasteiger charge is -2.36. The second kappa shape index (κ2) is 12.6. The minimum atomic E-state index is -0.270. The van der Waals surface area contributed by atoms with Crippen molar-refractivity contribution in [3.63, 3.8) is 0 Å². The molecule has 3 aliphatic heterocycles. The number of rotatable bonds is 9. The summed E-state index contributed by atoms with van der Waals surface area (Å²) in [5, 5.41) is 9.61. The van der Waals surface area contributed by atoms with E-state index in [1.807, 2.05) is 18.2 Å². The Morgan fingerprint density at radius 3 is 2.40 bits per heavy atom. The third kappa shape index (κ3) is 5.71. The molecule has 222 valence electrons. The summed E-state index contributed by atoms with van der Waals surface area (Å²) in [6.45, 7) is 7.62. The van der Waals surface area contributed by atoms with Crippen LogP contribution < -0.4 is 0 Å². The highest BCUT2D eigenvalue weighted by Gasteiger charge is 2.58. The third-order valence-electron chi connectivity index (χ3n) is 10.1. The van der Waals surface area contributed by atoms with Crippen molar-refractivity contribution in [2.75, 3.05) is 19.7 Å². The number of ether oxygens (including phenoxy) is 1. The van der Waals surface area contributed by atoms with Crippen LogP contribution in [-0.2, 0) is 20.9 Å². The van der Waals surface area contributed by atoms with Crippen LogP contribution in [0.3, 0.4) is 0 Å². The van der Waals surface area contributed by atoms with Crippen molar-refractivity contribution >= 4 is 17.9 Å². The number of phenols is 1. The summed E-state index contributed by atoms with van der Waals surface area (Å²) < 4.78 is 6.43. The molecule has 2 aromatic carbocycles. The first-order valence-electron chi connectivity index (χ1n) is 15.9. The number of imide groups is 1. The minimum absolute atomic E-state index is 0.00594. The highest BCUT2D eigenvalue weighted by molar-refractivity contribution is 6.06. The average molecular weight is 569 g/mol. The maximum atomic E-state index is 14.0. The first kappa shape index (κ1) is 28.9. The number of hydrogen-bond acceptors (Lipinski definition) is 5. The highest BCUT2D eigenvalue weighted by atomic mass is 16.5. The lowest BCUT2D eigenvalue weighted by molar-refractivity contribution is -0.144. The number of fused-ring (bicyclic) bond motifs is 3. The number of aromatic hydroxyl groups is 1. The molecule has 2 amide bonds. The molecule has 1 aliphatic carbocycles. The first-order chi connectivity index (χ1) is 20.5. The number of hydrogen-bond donors (Lipinski definition) is 1. The number of carbonyl (C=O) groups is 2. The number of amides is 2. The molecule has 6 rings (SSSR count). The molecule has 4 aliphatic rings. The summed E-state index contributed by atoms with van der Waals surface area (Å²) in [5.74, 6) is -0.0912. The number of carbonyl (C=O) groups excluding carboxylic acids is 2. The van der Waals surface area contributed by atoms with E-state index in [2.05, 4.69) is 49.1 Å². The van der Waals surface area contributed by atoms with E-state index in [1.54, 1.807) is 17.0 Å². The Balaban J connectivity index is 1.12. The number of likely N-dealkylation sites (tertiary alicyclic amines) is 2. The van der Waals surface area contributed by atoms with Crippen LogP contribution in [0.25, 0.3) is 6.08 Å². The van der Waals surface area contributed by atoms with E-state index in [-0.39, 0.29) is 47.5 Å². The number of allylic oxidation sites excluding steroid dienone is 2. The maximum Gasteiger partial charge on any atom is 0.234 e. The lowest BCUT2D eigenvalue weighted by Crippen LogP contribution is -2.47. The summed E-state index contributed by atoms with van der Waals surface area (Å²) >= 11 is 0. The molecule has 0 radical (unpaired) electrons. The summed E-state index contributed by atoms with van der Waals surface area (Å²) in [4.78, 5) is 31.9. The van der Waals surface area contributed by atoms with Gasteiger partial charge in [0.05, 0.1) is 24.5 Å². The summed E-state index contributed by atoms with van der Waals surface area (Å²) in [7, 11) is 0. The van der Waals surface area contributed by atoms with Gasteiger partial charge in [0.2, 0.25) is 11.8 Å². The van der Waals surface area contributed by atoms with Gasteiger partial charge in [0.15, 0.2) is 0 Å². The molecule has 0 spiro atoms. The molecule has 4 atom stereocenters. The van der Waals surface area contributed by atoms with Crippen molar-refractivity contribution in [2.24, 2.45) is 17.8 Å². The molecule has 42 heavy (non-hydrogen) atoms. The van der Waals surface area contributed by atoms with Gasteiger partial charge in [-0.25, -0.2) is 0 Å². The SMILES string of the molecule is CCC1=C2[C@@H](CC/C(=C/c3ccc(O)cc3)CC)OC[C@@H]2[C@@H]2C(=O)N(C3CCN(Cc4ccccc4)CC3)C(=O)[C@@H]2C1. The molecule has 3 saturated heterocycles. The van der Waals surface area contributed by atoms with Gasteiger partial charge in [-0.2, -0.15) is 0 Å². The van der Waals surface area contributed by atoms with Crippen LogP contribution in [0.2, 0.25) is 0 Å². The minimum Gasteiger partial charge on any atom is -0.508 e. The van der Waals surface area contributed by atoms with E-state index in [4.69, 9.17) is 4.74 Å². The van der Waals surface area contributed by atoms with Crippen molar-refractivity contribution in [2.45, 2.75) is 77.5 Å². The largest absolute Gasteiger partial charge is 0.508 e. The van der Waals surface area contributed by atoms with Gasteiger partial charge >= 0.3 is 0 Å². The van der Waals surface area contributed by atoms with Gasteiger partial charge in [0.25, 0.3) is 0 Å². The average Bonchev–Trinajstić information content (AvgIpc) is 3.55. The van der Waals surface area contributed by atoms with E-state index in [1.165, 1.54) is 22.3 Å². The zero-order valence-electron chi connectivity index (χ0n) is 25.0. The van der Waals surface area contributed by atoms with Crippen molar-refractivity contribution in [3.8, 4) is 5.75 Å². The summed E-state index contributed by atoms with van der Waals surface area (Å²) in [5.41, 5.74) is 6.39. The van der Waals surface area contributed by atoms with Gasteiger partial charge in [0, 0.05) is 31.6 Å². The van der Waals surface area contributed by atoms with Gasteiger partial charge in [-0.15, -0.1) is 0 Å². The predicted octanol–water partition coefficient (Wildman–Crippen LogP) is 6.36. The molecule has 6 nitrogen and oxygen atoms in total. The highest BCUT2D eigenvalue weighted by Crippen LogP contribution is 2.51. The Bertz CT molecular complexity index is 1340. The van der Waals surface area contributed by atoms with Gasteiger partial charge in [0.1, 0.15) is 5.75 Å². The molecule has 1 N–H and O–H groups in total. The van der Waals surface area contributed by atoms with Gasteiger partial charge in [-0.05, 0) is 73.8 Å². The molecular formula is C36H44N2O4. The Kier molecular flexibility index (Phi) is 8.64. The van der Waals surface area contributed by atoms with Crippen LogP contribution in [0.5, 0.6) is 5.75 Å². The van der Waals surface area contributed by atoms with Crippen LogP contribution in [0.4, 0.5) is 0 Å².